The van der Waals surface area contributed by atoms with Gasteiger partial charge in [0.05, 0.1) is 6.10 Å². The molecule has 2 rings (SSSR count). The van der Waals surface area contributed by atoms with E-state index < -0.39 is 0 Å². The van der Waals surface area contributed by atoms with Gasteiger partial charge in [-0.25, -0.2) is 0 Å². The predicted octanol–water partition coefficient (Wildman–Crippen LogP) is 3.56. The van der Waals surface area contributed by atoms with Crippen molar-refractivity contribution in [2.24, 2.45) is 5.92 Å². The molecule has 0 aliphatic heterocycles. The van der Waals surface area contributed by atoms with Crippen LogP contribution < -0.4 is 4.74 Å². The zero-order chi connectivity index (χ0) is 14.7. The molecular formula is C16H22ClNO2. The minimum absolute atomic E-state index is 0.0547. The van der Waals surface area contributed by atoms with Crippen LogP contribution in [-0.4, -0.2) is 35.9 Å². The summed E-state index contributed by atoms with van der Waals surface area (Å²) < 4.78 is 5.57. The van der Waals surface area contributed by atoms with Crippen LogP contribution in [0.15, 0.2) is 24.3 Å². The SMILES string of the molecule is CC(C)Oc1ccc(C(=O)N(C)CC2CC(Cl)C2)cc1. The maximum atomic E-state index is 12.3. The summed E-state index contributed by atoms with van der Waals surface area (Å²) in [7, 11) is 1.85. The van der Waals surface area contributed by atoms with Gasteiger partial charge in [-0.05, 0) is 56.9 Å². The van der Waals surface area contributed by atoms with E-state index in [9.17, 15) is 4.79 Å². The van der Waals surface area contributed by atoms with E-state index >= 15 is 0 Å². The second-order valence-electron chi connectivity index (χ2n) is 5.81. The molecule has 0 atom stereocenters. The third-order valence-corrected chi connectivity index (χ3v) is 3.89. The van der Waals surface area contributed by atoms with Gasteiger partial charge in [0.1, 0.15) is 5.75 Å². The Morgan fingerprint density at radius 2 is 1.95 bits per heavy atom. The molecule has 0 aromatic heterocycles. The maximum Gasteiger partial charge on any atom is 0.253 e. The summed E-state index contributed by atoms with van der Waals surface area (Å²) in [6.07, 6.45) is 2.17. The summed E-state index contributed by atoms with van der Waals surface area (Å²) in [6.45, 7) is 4.75. The molecule has 110 valence electrons. The molecule has 1 aliphatic carbocycles. The molecular weight excluding hydrogens is 274 g/mol. The van der Waals surface area contributed by atoms with Crippen LogP contribution in [0.5, 0.6) is 5.75 Å². The molecule has 4 heteroatoms. The number of carbonyl (C=O) groups excluding carboxylic acids is 1. The third-order valence-electron chi connectivity index (χ3n) is 3.53. The van der Waals surface area contributed by atoms with Crippen molar-refractivity contribution in [1.29, 1.82) is 0 Å². The fraction of sp³-hybridized carbons (Fsp3) is 0.562. The monoisotopic (exact) mass is 295 g/mol. The third kappa shape index (κ3) is 3.89. The molecule has 1 aliphatic rings. The predicted molar refractivity (Wildman–Crippen MR) is 81.5 cm³/mol. The van der Waals surface area contributed by atoms with Crippen LogP contribution in [0.25, 0.3) is 0 Å². The number of ether oxygens (including phenoxy) is 1. The van der Waals surface area contributed by atoms with E-state index in [0.717, 1.165) is 25.1 Å². The summed E-state index contributed by atoms with van der Waals surface area (Å²) in [5.74, 6) is 1.40. The van der Waals surface area contributed by atoms with Gasteiger partial charge in [0, 0.05) is 24.5 Å². The molecule has 1 amide bonds. The maximum absolute atomic E-state index is 12.3. The zero-order valence-electron chi connectivity index (χ0n) is 12.3. The van der Waals surface area contributed by atoms with Crippen molar-refractivity contribution in [3.8, 4) is 5.75 Å². The van der Waals surface area contributed by atoms with E-state index in [1.54, 1.807) is 4.90 Å². The van der Waals surface area contributed by atoms with Crippen LogP contribution in [0.3, 0.4) is 0 Å². The van der Waals surface area contributed by atoms with Gasteiger partial charge in [0.25, 0.3) is 5.91 Å². The molecule has 0 saturated heterocycles. The van der Waals surface area contributed by atoms with Crippen LogP contribution in [0, 0.1) is 5.92 Å². The Hall–Kier alpha value is -1.22. The fourth-order valence-corrected chi connectivity index (χ4v) is 2.95. The lowest BCUT2D eigenvalue weighted by Crippen LogP contribution is -2.37. The van der Waals surface area contributed by atoms with Crippen molar-refractivity contribution >= 4 is 17.5 Å². The van der Waals surface area contributed by atoms with E-state index in [2.05, 4.69) is 0 Å². The van der Waals surface area contributed by atoms with Crippen molar-refractivity contribution in [3.63, 3.8) is 0 Å². The average molecular weight is 296 g/mol. The molecule has 0 bridgehead atoms. The minimum Gasteiger partial charge on any atom is -0.491 e. The highest BCUT2D eigenvalue weighted by Gasteiger charge is 2.29. The Balaban J connectivity index is 1.91. The smallest absolute Gasteiger partial charge is 0.253 e. The van der Waals surface area contributed by atoms with Gasteiger partial charge < -0.3 is 9.64 Å². The van der Waals surface area contributed by atoms with Crippen LogP contribution in [0.4, 0.5) is 0 Å². The van der Waals surface area contributed by atoms with E-state index in [1.807, 2.05) is 45.2 Å². The molecule has 1 aromatic rings. The normalized spacial score (nSPS) is 21.4. The first-order valence-corrected chi connectivity index (χ1v) is 7.55. The quantitative estimate of drug-likeness (QED) is 0.777. The minimum atomic E-state index is 0.0547. The molecule has 0 radical (unpaired) electrons. The lowest BCUT2D eigenvalue weighted by Gasteiger charge is -2.34. The van der Waals surface area contributed by atoms with E-state index in [4.69, 9.17) is 16.3 Å². The van der Waals surface area contributed by atoms with Crippen molar-refractivity contribution in [2.45, 2.75) is 38.2 Å². The number of carbonyl (C=O) groups is 1. The van der Waals surface area contributed by atoms with Crippen LogP contribution in [-0.2, 0) is 0 Å². The standard InChI is InChI=1S/C16H22ClNO2/c1-11(2)20-15-6-4-13(5-7-15)16(19)18(3)10-12-8-14(17)9-12/h4-7,11-12,14H,8-10H2,1-3H3. The van der Waals surface area contributed by atoms with Gasteiger partial charge in [-0.15, -0.1) is 11.6 Å². The highest BCUT2D eigenvalue weighted by Crippen LogP contribution is 2.32. The van der Waals surface area contributed by atoms with Crippen molar-refractivity contribution in [3.05, 3.63) is 29.8 Å². The topological polar surface area (TPSA) is 29.5 Å². The largest absolute Gasteiger partial charge is 0.491 e. The Kier molecular flexibility index (Phi) is 4.92. The molecule has 3 nitrogen and oxygen atoms in total. The lowest BCUT2D eigenvalue weighted by atomic mass is 9.84. The molecule has 1 fully saturated rings. The van der Waals surface area contributed by atoms with E-state index in [0.29, 0.717) is 16.9 Å². The van der Waals surface area contributed by atoms with Crippen molar-refractivity contribution in [1.82, 2.24) is 4.90 Å². The first kappa shape index (κ1) is 15.2. The molecule has 0 N–H and O–H groups in total. The molecule has 0 spiro atoms. The molecule has 0 unspecified atom stereocenters. The Morgan fingerprint density at radius 3 is 2.45 bits per heavy atom. The molecule has 1 saturated carbocycles. The van der Waals surface area contributed by atoms with Crippen LogP contribution >= 0.6 is 11.6 Å². The molecule has 20 heavy (non-hydrogen) atoms. The second kappa shape index (κ2) is 6.49. The number of halogens is 1. The Labute approximate surface area is 125 Å². The summed E-state index contributed by atoms with van der Waals surface area (Å²) in [5.41, 5.74) is 0.699. The number of nitrogens with zero attached hydrogens (tertiary/aromatic N) is 1. The van der Waals surface area contributed by atoms with E-state index in [1.165, 1.54) is 0 Å². The highest BCUT2D eigenvalue weighted by molar-refractivity contribution is 6.21. The average Bonchev–Trinajstić information content (AvgIpc) is 2.36. The first-order chi connectivity index (χ1) is 9.45. The lowest BCUT2D eigenvalue weighted by molar-refractivity contribution is 0.0747. The number of rotatable bonds is 5. The molecule has 0 heterocycles. The van der Waals surface area contributed by atoms with Crippen LogP contribution in [0.2, 0.25) is 0 Å². The van der Waals surface area contributed by atoms with Gasteiger partial charge in [-0.3, -0.25) is 4.79 Å². The number of hydrogen-bond donors (Lipinski definition) is 0. The summed E-state index contributed by atoms with van der Waals surface area (Å²) in [6, 6.07) is 7.34. The van der Waals surface area contributed by atoms with Crippen LogP contribution in [0.1, 0.15) is 37.0 Å². The van der Waals surface area contributed by atoms with Gasteiger partial charge >= 0.3 is 0 Å². The van der Waals surface area contributed by atoms with Crippen molar-refractivity contribution < 1.29 is 9.53 Å². The number of alkyl halides is 1. The van der Waals surface area contributed by atoms with Gasteiger partial charge in [-0.1, -0.05) is 0 Å². The van der Waals surface area contributed by atoms with Gasteiger partial charge in [0.2, 0.25) is 0 Å². The summed E-state index contributed by atoms with van der Waals surface area (Å²) in [5, 5.41) is 0.302. The fourth-order valence-electron chi connectivity index (χ4n) is 2.44. The summed E-state index contributed by atoms with van der Waals surface area (Å²) >= 11 is 5.97. The molecule has 1 aromatic carbocycles. The van der Waals surface area contributed by atoms with Gasteiger partial charge in [-0.2, -0.15) is 0 Å². The summed E-state index contributed by atoms with van der Waals surface area (Å²) in [4.78, 5) is 14.1. The van der Waals surface area contributed by atoms with Crippen molar-refractivity contribution in [2.75, 3.05) is 13.6 Å². The van der Waals surface area contributed by atoms with E-state index in [-0.39, 0.29) is 12.0 Å². The Morgan fingerprint density at radius 1 is 1.35 bits per heavy atom. The number of benzene rings is 1. The second-order valence-corrected chi connectivity index (χ2v) is 6.43. The first-order valence-electron chi connectivity index (χ1n) is 7.12. The zero-order valence-corrected chi connectivity index (χ0v) is 13.1. The Bertz CT molecular complexity index is 452. The number of amides is 1. The van der Waals surface area contributed by atoms with Gasteiger partial charge in [0.15, 0.2) is 0 Å². The highest BCUT2D eigenvalue weighted by atomic mass is 35.5. The number of hydrogen-bond acceptors (Lipinski definition) is 2.